The van der Waals surface area contributed by atoms with Crippen molar-refractivity contribution in [3.05, 3.63) is 63.2 Å². The first-order valence-electron chi connectivity index (χ1n) is 13.0. The first-order valence-corrected chi connectivity index (χ1v) is 15.3. The molecule has 2 aromatic rings. The Morgan fingerprint density at radius 3 is 2.30 bits per heavy atom. The number of hydrogen-bond acceptors (Lipinski definition) is 5. The van der Waals surface area contributed by atoms with Gasteiger partial charge in [0.25, 0.3) is 5.91 Å². The lowest BCUT2D eigenvalue weighted by molar-refractivity contribution is -0.137. The highest BCUT2D eigenvalue weighted by Crippen LogP contribution is 2.46. The fraction of sp³-hybridized carbons (Fsp3) is 0.519. The smallest absolute Gasteiger partial charge is 0.416 e. The third-order valence-corrected chi connectivity index (χ3v) is 8.71. The molecule has 0 aromatic heterocycles. The third kappa shape index (κ3) is 6.38. The van der Waals surface area contributed by atoms with Crippen LogP contribution in [0.25, 0.3) is 0 Å². The van der Waals surface area contributed by atoms with E-state index in [1.807, 2.05) is 4.90 Å². The summed E-state index contributed by atoms with van der Waals surface area (Å²) in [5, 5.41) is -0.557. The minimum absolute atomic E-state index is 0.0203. The molecule has 1 N–H and O–H groups in total. The van der Waals surface area contributed by atoms with Gasteiger partial charge in [0, 0.05) is 30.3 Å². The Labute approximate surface area is 233 Å². The van der Waals surface area contributed by atoms with Crippen molar-refractivity contribution in [3.63, 3.8) is 0 Å². The SMILES string of the molecule is CS(=O)(=O)NC(=O)c1cc(C2CC2)c(OCC2C[C@H]3CC[C@@H](C2)N3Cc2cc(C(F)(F)F)cc(Cl)c2F)cc1F. The maximum Gasteiger partial charge on any atom is 0.416 e. The zero-order valence-electron chi connectivity index (χ0n) is 21.5. The largest absolute Gasteiger partial charge is 0.493 e. The normalized spacial score (nSPS) is 23.3. The van der Waals surface area contributed by atoms with Crippen molar-refractivity contribution in [1.82, 2.24) is 9.62 Å². The fourth-order valence-corrected chi connectivity index (χ4v) is 6.60. The van der Waals surface area contributed by atoms with Crippen molar-refractivity contribution in [2.24, 2.45) is 5.92 Å². The van der Waals surface area contributed by atoms with Gasteiger partial charge in [-0.15, -0.1) is 0 Å². The maximum absolute atomic E-state index is 14.8. The van der Waals surface area contributed by atoms with Crippen LogP contribution in [0.1, 0.15) is 71.5 Å². The molecule has 1 amide bonds. The molecule has 1 saturated carbocycles. The molecule has 6 nitrogen and oxygen atoms in total. The number of carbonyl (C=O) groups is 1. The van der Waals surface area contributed by atoms with Gasteiger partial charge in [-0.3, -0.25) is 9.69 Å². The first-order chi connectivity index (χ1) is 18.7. The van der Waals surface area contributed by atoms with E-state index in [1.165, 1.54) is 6.07 Å². The molecule has 2 bridgehead atoms. The van der Waals surface area contributed by atoms with Crippen LogP contribution in [0.2, 0.25) is 5.02 Å². The highest BCUT2D eigenvalue weighted by atomic mass is 35.5. The lowest BCUT2D eigenvalue weighted by Crippen LogP contribution is -2.43. The highest BCUT2D eigenvalue weighted by Gasteiger charge is 2.42. The topological polar surface area (TPSA) is 75.7 Å². The van der Waals surface area contributed by atoms with E-state index in [9.17, 15) is 35.2 Å². The Balaban J connectivity index is 1.26. The van der Waals surface area contributed by atoms with E-state index in [2.05, 4.69) is 0 Å². The summed E-state index contributed by atoms with van der Waals surface area (Å²) in [6, 6.07) is 3.95. The Kier molecular flexibility index (Phi) is 7.82. The van der Waals surface area contributed by atoms with Gasteiger partial charge in [0.05, 0.1) is 29.0 Å². The van der Waals surface area contributed by atoms with Gasteiger partial charge in [-0.1, -0.05) is 11.6 Å². The summed E-state index contributed by atoms with van der Waals surface area (Å²) in [5.74, 6) is -2.29. The van der Waals surface area contributed by atoms with E-state index in [0.29, 0.717) is 30.2 Å². The summed E-state index contributed by atoms with van der Waals surface area (Å²) >= 11 is 5.77. The monoisotopic (exact) mass is 606 g/mol. The number of hydrogen-bond donors (Lipinski definition) is 1. The standard InChI is InChI=1S/C27H28ClF5N2O4S/c1-40(37,38)34-26(36)21-10-20(15-2-3-15)24(11-23(21)29)39-13-14-6-18-4-5-19(7-14)35(18)12-16-8-17(27(31,32)33)9-22(28)25(16)30/h8-11,14-15,18-19H,2-7,12-13H2,1H3,(H,34,36)/t14?,18-,19+. The summed E-state index contributed by atoms with van der Waals surface area (Å²) in [5.41, 5.74) is -0.788. The molecular formula is C27H28ClF5N2O4S. The number of alkyl halides is 3. The third-order valence-electron chi connectivity index (χ3n) is 7.88. The van der Waals surface area contributed by atoms with Crippen molar-refractivity contribution in [1.29, 1.82) is 0 Å². The molecule has 3 atom stereocenters. The predicted octanol–water partition coefficient (Wildman–Crippen LogP) is 6.03. The number of piperidine rings is 1. The van der Waals surface area contributed by atoms with Crippen LogP contribution in [0.4, 0.5) is 22.0 Å². The molecule has 2 saturated heterocycles. The molecule has 1 unspecified atom stereocenters. The van der Waals surface area contributed by atoms with Gasteiger partial charge >= 0.3 is 6.18 Å². The highest BCUT2D eigenvalue weighted by molar-refractivity contribution is 7.89. The molecule has 2 aliphatic heterocycles. The van der Waals surface area contributed by atoms with Crippen LogP contribution in [0.3, 0.4) is 0 Å². The number of carbonyl (C=O) groups excluding carboxylic acids is 1. The molecule has 218 valence electrons. The second kappa shape index (κ2) is 10.8. The average molecular weight is 607 g/mol. The summed E-state index contributed by atoms with van der Waals surface area (Å²) in [7, 11) is -3.86. The molecule has 40 heavy (non-hydrogen) atoms. The fourth-order valence-electron chi connectivity index (χ4n) is 5.92. The molecular weight excluding hydrogens is 579 g/mol. The number of rotatable bonds is 8. The molecule has 13 heteroatoms. The van der Waals surface area contributed by atoms with Crippen LogP contribution in [0.5, 0.6) is 5.75 Å². The maximum atomic E-state index is 14.8. The van der Waals surface area contributed by atoms with Gasteiger partial charge in [-0.05, 0) is 74.1 Å². The number of nitrogens with one attached hydrogen (secondary N) is 1. The van der Waals surface area contributed by atoms with Gasteiger partial charge in [-0.25, -0.2) is 21.9 Å². The van der Waals surface area contributed by atoms with Crippen LogP contribution in [-0.2, 0) is 22.7 Å². The number of halogens is 6. The lowest BCUT2D eigenvalue weighted by atomic mass is 9.90. The van der Waals surface area contributed by atoms with Crippen molar-refractivity contribution >= 4 is 27.5 Å². The summed E-state index contributed by atoms with van der Waals surface area (Å²) in [4.78, 5) is 14.3. The summed E-state index contributed by atoms with van der Waals surface area (Å²) in [6.45, 7) is 0.297. The molecule has 0 radical (unpaired) electrons. The van der Waals surface area contributed by atoms with E-state index in [-0.39, 0.29) is 48.2 Å². The number of benzene rings is 2. The quantitative estimate of drug-likeness (QED) is 0.372. The molecule has 5 rings (SSSR count). The van der Waals surface area contributed by atoms with Crippen LogP contribution in [0, 0.1) is 17.6 Å². The number of fused-ring (bicyclic) bond motifs is 2. The molecule has 2 aromatic carbocycles. The van der Waals surface area contributed by atoms with Crippen molar-refractivity contribution in [3.8, 4) is 5.75 Å². The van der Waals surface area contributed by atoms with Crippen molar-refractivity contribution in [2.45, 2.75) is 69.2 Å². The molecule has 2 heterocycles. The minimum Gasteiger partial charge on any atom is -0.493 e. The molecule has 3 aliphatic rings. The zero-order valence-corrected chi connectivity index (χ0v) is 23.1. The van der Waals surface area contributed by atoms with E-state index < -0.39 is 44.3 Å². The van der Waals surface area contributed by atoms with Crippen LogP contribution in [-0.4, -0.2) is 44.2 Å². The number of amides is 1. The van der Waals surface area contributed by atoms with Crippen molar-refractivity contribution < 1.29 is 39.9 Å². The van der Waals surface area contributed by atoms with E-state index in [4.69, 9.17) is 16.3 Å². The van der Waals surface area contributed by atoms with Crippen LogP contribution >= 0.6 is 11.6 Å². The average Bonchev–Trinajstić information content (AvgIpc) is 3.65. The number of nitrogens with zero attached hydrogens (tertiary/aromatic N) is 1. The Morgan fingerprint density at radius 1 is 1.07 bits per heavy atom. The van der Waals surface area contributed by atoms with Gasteiger partial charge < -0.3 is 4.74 Å². The van der Waals surface area contributed by atoms with E-state index in [0.717, 1.165) is 44.1 Å². The lowest BCUT2D eigenvalue weighted by Gasteiger charge is -2.39. The molecule has 0 spiro atoms. The Bertz CT molecular complexity index is 1420. The van der Waals surface area contributed by atoms with Crippen LogP contribution < -0.4 is 9.46 Å². The molecule has 1 aliphatic carbocycles. The van der Waals surface area contributed by atoms with Gasteiger partial charge in [0.15, 0.2) is 0 Å². The molecule has 3 fully saturated rings. The number of sulfonamides is 1. The summed E-state index contributed by atoms with van der Waals surface area (Å²) < 4.78 is 99.9. The zero-order chi connectivity index (χ0) is 29.0. The van der Waals surface area contributed by atoms with Crippen LogP contribution in [0.15, 0.2) is 24.3 Å². The van der Waals surface area contributed by atoms with Gasteiger partial charge in [-0.2, -0.15) is 13.2 Å². The minimum atomic E-state index is -4.64. The second-order valence-electron chi connectivity index (χ2n) is 11.0. The van der Waals surface area contributed by atoms with Gasteiger partial charge in [0.1, 0.15) is 17.4 Å². The summed E-state index contributed by atoms with van der Waals surface area (Å²) in [6.07, 6.45) is 0.863. The van der Waals surface area contributed by atoms with E-state index in [1.54, 1.807) is 4.72 Å². The Hall–Kier alpha value is -2.44. The van der Waals surface area contributed by atoms with E-state index >= 15 is 0 Å². The van der Waals surface area contributed by atoms with Crippen molar-refractivity contribution in [2.75, 3.05) is 12.9 Å². The second-order valence-corrected chi connectivity index (χ2v) is 13.1. The first kappa shape index (κ1) is 29.1. The van der Waals surface area contributed by atoms with Gasteiger partial charge in [0.2, 0.25) is 10.0 Å². The Morgan fingerprint density at radius 2 is 1.73 bits per heavy atom. The number of ether oxygens (including phenoxy) is 1. The predicted molar refractivity (Wildman–Crippen MR) is 138 cm³/mol.